The van der Waals surface area contributed by atoms with Gasteiger partial charge in [0.1, 0.15) is 5.60 Å². The lowest BCUT2D eigenvalue weighted by molar-refractivity contribution is 0.0194. The van der Waals surface area contributed by atoms with Crippen LogP contribution in [0.15, 0.2) is 6.07 Å². The van der Waals surface area contributed by atoms with Crippen molar-refractivity contribution in [3.05, 3.63) is 11.6 Å². The van der Waals surface area contributed by atoms with Crippen LogP contribution in [-0.4, -0.2) is 33.1 Å². The smallest absolute Gasteiger partial charge is 0.493 e. The van der Waals surface area contributed by atoms with Crippen LogP contribution in [0.3, 0.4) is 0 Å². The highest BCUT2D eigenvalue weighted by Gasteiger charge is 2.25. The SMILES string of the molecule is COc1cc(C)c(OC)c(OC)c1OC(=O)OC(C)(C)C. The maximum atomic E-state index is 11.9. The normalized spacial score (nSPS) is 10.8. The molecule has 0 aliphatic rings. The van der Waals surface area contributed by atoms with Gasteiger partial charge in [-0.2, -0.15) is 0 Å². The van der Waals surface area contributed by atoms with Crippen LogP contribution in [0.2, 0.25) is 0 Å². The molecule has 0 radical (unpaired) electrons. The minimum absolute atomic E-state index is 0.122. The molecule has 0 aliphatic carbocycles. The number of aryl methyl sites for hydroxylation is 1. The fourth-order valence-corrected chi connectivity index (χ4v) is 1.76. The lowest BCUT2D eigenvalue weighted by Crippen LogP contribution is -2.26. The number of benzene rings is 1. The molecule has 1 aromatic carbocycles. The van der Waals surface area contributed by atoms with Crippen molar-refractivity contribution in [1.82, 2.24) is 0 Å². The second-order valence-corrected chi connectivity index (χ2v) is 5.36. The van der Waals surface area contributed by atoms with Gasteiger partial charge in [-0.15, -0.1) is 0 Å². The molecule has 0 saturated carbocycles. The Labute approximate surface area is 124 Å². The summed E-state index contributed by atoms with van der Waals surface area (Å²) in [6.07, 6.45) is -0.843. The summed E-state index contributed by atoms with van der Waals surface area (Å²) in [5, 5.41) is 0. The third-order valence-electron chi connectivity index (χ3n) is 2.55. The van der Waals surface area contributed by atoms with Crippen molar-refractivity contribution in [3.63, 3.8) is 0 Å². The Morgan fingerprint density at radius 1 is 0.952 bits per heavy atom. The standard InChI is InChI=1S/C15H22O6/c1-9-8-10(17-5)12(13(19-7)11(9)18-6)20-14(16)21-15(2,3)4/h8H,1-7H3. The second-order valence-electron chi connectivity index (χ2n) is 5.36. The molecule has 0 unspecified atom stereocenters. The van der Waals surface area contributed by atoms with Crippen molar-refractivity contribution in [2.24, 2.45) is 0 Å². The molecule has 118 valence electrons. The van der Waals surface area contributed by atoms with E-state index in [1.807, 2.05) is 6.92 Å². The summed E-state index contributed by atoms with van der Waals surface area (Å²) in [6, 6.07) is 1.70. The first-order valence-electron chi connectivity index (χ1n) is 6.44. The summed E-state index contributed by atoms with van der Waals surface area (Å²) in [6.45, 7) is 7.08. The summed E-state index contributed by atoms with van der Waals surface area (Å²) in [5.74, 6) is 1.23. The van der Waals surface area contributed by atoms with Gasteiger partial charge in [0.15, 0.2) is 11.5 Å². The number of carbonyl (C=O) groups excluding carboxylic acids is 1. The van der Waals surface area contributed by atoms with Gasteiger partial charge in [-0.1, -0.05) is 0 Å². The van der Waals surface area contributed by atoms with E-state index in [0.29, 0.717) is 11.5 Å². The number of rotatable bonds is 4. The summed E-state index contributed by atoms with van der Waals surface area (Å²) < 4.78 is 26.2. The van der Waals surface area contributed by atoms with E-state index in [-0.39, 0.29) is 11.5 Å². The van der Waals surface area contributed by atoms with Gasteiger partial charge < -0.3 is 23.7 Å². The molecule has 0 aromatic heterocycles. The van der Waals surface area contributed by atoms with Gasteiger partial charge in [0.2, 0.25) is 11.5 Å². The highest BCUT2D eigenvalue weighted by atomic mass is 16.7. The van der Waals surface area contributed by atoms with E-state index in [4.69, 9.17) is 23.7 Å². The Hall–Kier alpha value is -2.11. The zero-order valence-corrected chi connectivity index (χ0v) is 13.5. The van der Waals surface area contributed by atoms with E-state index in [9.17, 15) is 4.79 Å². The third kappa shape index (κ3) is 4.18. The van der Waals surface area contributed by atoms with E-state index in [0.717, 1.165) is 5.56 Å². The number of hydrogen-bond donors (Lipinski definition) is 0. The largest absolute Gasteiger partial charge is 0.514 e. The van der Waals surface area contributed by atoms with Crippen LogP contribution < -0.4 is 18.9 Å². The number of carbonyl (C=O) groups is 1. The predicted octanol–water partition coefficient (Wildman–Crippen LogP) is 3.33. The monoisotopic (exact) mass is 298 g/mol. The molecule has 0 saturated heterocycles. The first-order valence-corrected chi connectivity index (χ1v) is 6.44. The quantitative estimate of drug-likeness (QED) is 0.627. The molecule has 1 rings (SSSR count). The van der Waals surface area contributed by atoms with E-state index < -0.39 is 11.8 Å². The van der Waals surface area contributed by atoms with Gasteiger partial charge in [-0.05, 0) is 39.3 Å². The molecule has 0 N–H and O–H groups in total. The predicted molar refractivity (Wildman–Crippen MR) is 77.7 cm³/mol. The molecule has 0 aliphatic heterocycles. The van der Waals surface area contributed by atoms with Crippen LogP contribution in [0, 0.1) is 6.92 Å². The highest BCUT2D eigenvalue weighted by Crippen LogP contribution is 2.46. The third-order valence-corrected chi connectivity index (χ3v) is 2.55. The van der Waals surface area contributed by atoms with E-state index in [2.05, 4.69) is 0 Å². The summed E-state index contributed by atoms with van der Waals surface area (Å²) in [5.41, 5.74) is 0.134. The molecular weight excluding hydrogens is 276 g/mol. The molecule has 6 heteroatoms. The Kier molecular flexibility index (Phi) is 5.29. The Balaban J connectivity index is 3.23. The lowest BCUT2D eigenvalue weighted by atomic mass is 10.1. The van der Waals surface area contributed by atoms with Crippen molar-refractivity contribution >= 4 is 6.16 Å². The second kappa shape index (κ2) is 6.56. The maximum Gasteiger partial charge on any atom is 0.514 e. The molecule has 0 amide bonds. The number of methoxy groups -OCH3 is 3. The minimum atomic E-state index is -0.843. The molecule has 0 fully saturated rings. The van der Waals surface area contributed by atoms with Crippen LogP contribution in [0.4, 0.5) is 4.79 Å². The van der Waals surface area contributed by atoms with Gasteiger partial charge in [0.25, 0.3) is 0 Å². The zero-order valence-electron chi connectivity index (χ0n) is 13.5. The molecule has 0 heterocycles. The number of ether oxygens (including phenoxy) is 5. The van der Waals surface area contributed by atoms with Crippen LogP contribution >= 0.6 is 0 Å². The van der Waals surface area contributed by atoms with Crippen LogP contribution in [0.25, 0.3) is 0 Å². The summed E-state index contributed by atoms with van der Waals surface area (Å²) in [7, 11) is 4.44. The van der Waals surface area contributed by atoms with Gasteiger partial charge in [0.05, 0.1) is 21.3 Å². The fraction of sp³-hybridized carbons (Fsp3) is 0.533. The van der Waals surface area contributed by atoms with Crippen molar-refractivity contribution in [2.75, 3.05) is 21.3 Å². The highest BCUT2D eigenvalue weighted by molar-refractivity contribution is 5.71. The molecule has 6 nitrogen and oxygen atoms in total. The minimum Gasteiger partial charge on any atom is -0.493 e. The van der Waals surface area contributed by atoms with Gasteiger partial charge in [-0.3, -0.25) is 0 Å². The van der Waals surface area contributed by atoms with Crippen LogP contribution in [0.1, 0.15) is 26.3 Å². The van der Waals surface area contributed by atoms with E-state index >= 15 is 0 Å². The summed E-state index contributed by atoms with van der Waals surface area (Å²) >= 11 is 0. The van der Waals surface area contributed by atoms with Gasteiger partial charge in [0, 0.05) is 0 Å². The Bertz CT molecular complexity index is 516. The molecule has 0 atom stereocenters. The first kappa shape index (κ1) is 16.9. The van der Waals surface area contributed by atoms with E-state index in [1.165, 1.54) is 21.3 Å². The fourth-order valence-electron chi connectivity index (χ4n) is 1.76. The topological polar surface area (TPSA) is 63.2 Å². The van der Waals surface area contributed by atoms with Crippen molar-refractivity contribution < 1.29 is 28.5 Å². The molecule has 0 spiro atoms. The molecule has 0 bridgehead atoms. The average Bonchev–Trinajstić information content (AvgIpc) is 2.37. The Morgan fingerprint density at radius 3 is 1.95 bits per heavy atom. The van der Waals surface area contributed by atoms with Crippen molar-refractivity contribution in [2.45, 2.75) is 33.3 Å². The summed E-state index contributed by atoms with van der Waals surface area (Å²) in [4.78, 5) is 11.9. The van der Waals surface area contributed by atoms with Gasteiger partial charge >= 0.3 is 6.16 Å². The van der Waals surface area contributed by atoms with E-state index in [1.54, 1.807) is 26.8 Å². The van der Waals surface area contributed by atoms with Crippen molar-refractivity contribution in [1.29, 1.82) is 0 Å². The van der Waals surface area contributed by atoms with Gasteiger partial charge in [-0.25, -0.2) is 4.79 Å². The number of hydrogen-bond acceptors (Lipinski definition) is 6. The zero-order chi connectivity index (χ0) is 16.2. The first-order chi connectivity index (χ1) is 9.73. The molecular formula is C15H22O6. The van der Waals surface area contributed by atoms with Crippen molar-refractivity contribution in [3.8, 4) is 23.0 Å². The van der Waals surface area contributed by atoms with Crippen LogP contribution in [-0.2, 0) is 4.74 Å². The Morgan fingerprint density at radius 2 is 1.52 bits per heavy atom. The lowest BCUT2D eigenvalue weighted by Gasteiger charge is -2.21. The molecule has 21 heavy (non-hydrogen) atoms. The molecule has 1 aromatic rings. The van der Waals surface area contributed by atoms with Crippen LogP contribution in [0.5, 0.6) is 23.0 Å². The average molecular weight is 298 g/mol. The maximum absolute atomic E-state index is 11.9.